The summed E-state index contributed by atoms with van der Waals surface area (Å²) in [5.74, 6) is -1.60. The second-order valence-corrected chi connectivity index (χ2v) is 9.37. The number of carbonyl (C=O) groups is 1. The summed E-state index contributed by atoms with van der Waals surface area (Å²) in [5.41, 5.74) is -2.56. The molecule has 0 fully saturated rings. The summed E-state index contributed by atoms with van der Waals surface area (Å²) in [4.78, 5) is 38.8. The fourth-order valence-electron chi connectivity index (χ4n) is 4.44. The van der Waals surface area contributed by atoms with Gasteiger partial charge in [-0.3, -0.25) is 14.2 Å². The number of fused-ring (bicyclic) bond motifs is 1. The third kappa shape index (κ3) is 6.04. The number of halogens is 4. The highest BCUT2D eigenvalue weighted by Crippen LogP contribution is 2.34. The zero-order valence-corrected chi connectivity index (χ0v) is 24.0. The van der Waals surface area contributed by atoms with Gasteiger partial charge in [-0.05, 0) is 55.0 Å². The highest BCUT2D eigenvalue weighted by Gasteiger charge is 2.36. The number of anilines is 1. The van der Waals surface area contributed by atoms with Gasteiger partial charge in [0.25, 0.3) is 17.3 Å². The summed E-state index contributed by atoms with van der Waals surface area (Å²) in [7, 11) is 4.20. The number of aryl methyl sites for hydroxylation is 1. The van der Waals surface area contributed by atoms with Crippen LogP contribution in [0, 0.1) is 12.7 Å². The van der Waals surface area contributed by atoms with E-state index in [-0.39, 0.29) is 34.4 Å². The number of pyridine rings is 2. The minimum absolute atomic E-state index is 0.0990. The van der Waals surface area contributed by atoms with Crippen LogP contribution in [0.2, 0.25) is 0 Å². The van der Waals surface area contributed by atoms with Crippen LogP contribution in [0.5, 0.6) is 29.0 Å². The lowest BCUT2D eigenvalue weighted by atomic mass is 10.1. The Labute approximate surface area is 252 Å². The van der Waals surface area contributed by atoms with Crippen molar-refractivity contribution < 1.29 is 41.3 Å². The molecule has 45 heavy (non-hydrogen) atoms. The van der Waals surface area contributed by atoms with Crippen molar-refractivity contribution >= 4 is 22.6 Å². The van der Waals surface area contributed by atoms with Crippen molar-refractivity contribution in [1.82, 2.24) is 19.5 Å². The van der Waals surface area contributed by atoms with Crippen LogP contribution >= 0.6 is 0 Å². The Hall–Kier alpha value is -5.73. The highest BCUT2D eigenvalue weighted by molar-refractivity contribution is 6.04. The maximum atomic E-state index is 15.1. The Morgan fingerprint density at radius 3 is 2.31 bits per heavy atom. The van der Waals surface area contributed by atoms with E-state index in [1.54, 1.807) is 0 Å². The fraction of sp³-hybridized carbons (Fsp3) is 0.167. The number of amides is 1. The molecule has 0 unspecified atom stereocenters. The number of alkyl halides is 3. The number of benzene rings is 2. The number of methoxy groups -OCH3 is 3. The van der Waals surface area contributed by atoms with Gasteiger partial charge in [-0.2, -0.15) is 18.2 Å². The Bertz CT molecular complexity index is 2000. The quantitative estimate of drug-likeness (QED) is 0.216. The number of hydrogen-bond acceptors (Lipinski definition) is 9. The Balaban J connectivity index is 1.45. The lowest BCUT2D eigenvalue weighted by molar-refractivity contribution is -0.142. The van der Waals surface area contributed by atoms with E-state index in [0.29, 0.717) is 33.2 Å². The number of ether oxygens (including phenoxy) is 4. The predicted molar refractivity (Wildman–Crippen MR) is 153 cm³/mol. The lowest BCUT2D eigenvalue weighted by Crippen LogP contribution is -2.33. The lowest BCUT2D eigenvalue weighted by Gasteiger charge is -2.18. The van der Waals surface area contributed by atoms with Crippen molar-refractivity contribution in [2.24, 2.45) is 0 Å². The minimum Gasteiger partial charge on any atom is -0.497 e. The summed E-state index contributed by atoms with van der Waals surface area (Å²) in [5, 5.41) is 2.34. The number of nitrogens with zero attached hydrogens (tertiary/aromatic N) is 4. The molecule has 5 aromatic rings. The van der Waals surface area contributed by atoms with Crippen LogP contribution in [0.25, 0.3) is 16.7 Å². The van der Waals surface area contributed by atoms with Crippen LogP contribution < -0.4 is 29.8 Å². The largest absolute Gasteiger partial charge is 0.497 e. The van der Waals surface area contributed by atoms with E-state index in [9.17, 15) is 22.8 Å². The Morgan fingerprint density at radius 2 is 1.67 bits per heavy atom. The number of hydrogen-bond donors (Lipinski definition) is 1. The van der Waals surface area contributed by atoms with Crippen molar-refractivity contribution in [1.29, 1.82) is 0 Å². The molecule has 0 radical (unpaired) electrons. The van der Waals surface area contributed by atoms with Crippen LogP contribution in [0.1, 0.15) is 21.6 Å². The number of aromatic nitrogens is 4. The average Bonchev–Trinajstić information content (AvgIpc) is 3.01. The molecule has 5 rings (SSSR count). The maximum absolute atomic E-state index is 15.1. The van der Waals surface area contributed by atoms with E-state index in [1.807, 2.05) is 0 Å². The highest BCUT2D eigenvalue weighted by atomic mass is 19.4. The molecule has 0 atom stereocenters. The third-order valence-electron chi connectivity index (χ3n) is 6.58. The normalized spacial score (nSPS) is 11.3. The van der Waals surface area contributed by atoms with Gasteiger partial charge >= 0.3 is 6.18 Å². The van der Waals surface area contributed by atoms with Gasteiger partial charge in [-0.15, -0.1) is 0 Å². The van der Waals surface area contributed by atoms with E-state index in [4.69, 9.17) is 18.9 Å². The fourth-order valence-corrected chi connectivity index (χ4v) is 4.44. The van der Waals surface area contributed by atoms with Gasteiger partial charge in [-0.25, -0.2) is 14.4 Å². The second kappa shape index (κ2) is 12.1. The summed E-state index contributed by atoms with van der Waals surface area (Å²) in [6, 6.07) is 10.4. The first-order valence-corrected chi connectivity index (χ1v) is 13.0. The van der Waals surface area contributed by atoms with E-state index in [1.165, 1.54) is 71.0 Å². The van der Waals surface area contributed by atoms with E-state index >= 15 is 4.39 Å². The molecule has 1 N–H and O–H groups in total. The molecule has 15 heteroatoms. The van der Waals surface area contributed by atoms with Gasteiger partial charge in [-0.1, -0.05) is 0 Å². The summed E-state index contributed by atoms with van der Waals surface area (Å²) in [6.45, 7) is 1.50. The Kier molecular flexibility index (Phi) is 8.26. The third-order valence-corrected chi connectivity index (χ3v) is 6.58. The minimum atomic E-state index is -4.92. The maximum Gasteiger partial charge on any atom is 0.431 e. The zero-order chi connectivity index (χ0) is 32.5. The molecule has 3 aromatic heterocycles. The topological polar surface area (TPSA) is 127 Å². The molecule has 0 spiro atoms. The van der Waals surface area contributed by atoms with Crippen molar-refractivity contribution in [2.75, 3.05) is 26.6 Å². The van der Waals surface area contributed by atoms with Crippen molar-refractivity contribution in [3.8, 4) is 34.7 Å². The predicted octanol–water partition coefficient (Wildman–Crippen LogP) is 5.71. The van der Waals surface area contributed by atoms with Crippen LogP contribution in [-0.4, -0.2) is 46.8 Å². The second-order valence-electron chi connectivity index (χ2n) is 9.37. The van der Waals surface area contributed by atoms with Crippen LogP contribution in [-0.2, 0) is 6.18 Å². The summed E-state index contributed by atoms with van der Waals surface area (Å²) >= 11 is 0. The van der Waals surface area contributed by atoms with Crippen molar-refractivity contribution in [3.05, 3.63) is 93.9 Å². The number of carbonyl (C=O) groups excluding carboxylic acids is 1. The smallest absolute Gasteiger partial charge is 0.431 e. The van der Waals surface area contributed by atoms with Gasteiger partial charge in [0.2, 0.25) is 5.88 Å². The molecule has 3 heterocycles. The summed E-state index contributed by atoms with van der Waals surface area (Å²) in [6.07, 6.45) is -3.73. The molecule has 0 aliphatic rings. The monoisotopic (exact) mass is 625 g/mol. The van der Waals surface area contributed by atoms with Crippen molar-refractivity contribution in [3.63, 3.8) is 0 Å². The summed E-state index contributed by atoms with van der Waals surface area (Å²) < 4.78 is 78.4. The average molecular weight is 626 g/mol. The zero-order valence-electron chi connectivity index (χ0n) is 24.0. The molecule has 0 saturated heterocycles. The first kappa shape index (κ1) is 30.7. The molecule has 0 aliphatic heterocycles. The van der Waals surface area contributed by atoms with Crippen LogP contribution in [0.15, 0.2) is 65.7 Å². The van der Waals surface area contributed by atoms with Gasteiger partial charge < -0.3 is 24.3 Å². The van der Waals surface area contributed by atoms with Crippen LogP contribution in [0.4, 0.5) is 23.2 Å². The van der Waals surface area contributed by atoms with E-state index < -0.39 is 34.7 Å². The van der Waals surface area contributed by atoms with Gasteiger partial charge in [0, 0.05) is 17.8 Å². The molecule has 0 saturated carbocycles. The van der Waals surface area contributed by atoms with E-state index in [0.717, 1.165) is 12.1 Å². The molecular weight excluding hydrogens is 602 g/mol. The molecule has 0 bridgehead atoms. The standard InChI is InChI=1S/C30H23F4N5O6/c1-15-11-17(42-2)6-8-21(15)39-24(30(32,33)34)10-7-18(29(39)41)26(40)37-16-5-9-22(19(31)12-16)45-28-25-20(35-14-36-28)13-23(43-3)27(38-25)44-4/h5-14H,1-4H3,(H,37,40). The SMILES string of the molecule is COc1ccc(-n2c(C(F)(F)F)ccc(C(=O)Nc3ccc(Oc4ncnc5cc(OC)c(OC)nc45)c(F)c3)c2=O)c(C)c1. The van der Waals surface area contributed by atoms with Gasteiger partial charge in [0.15, 0.2) is 22.8 Å². The molecule has 1 amide bonds. The first-order valence-electron chi connectivity index (χ1n) is 13.0. The number of rotatable bonds is 8. The van der Waals surface area contributed by atoms with Gasteiger partial charge in [0.05, 0.1) is 27.0 Å². The first-order chi connectivity index (χ1) is 21.4. The number of nitrogens with one attached hydrogen (secondary N) is 1. The Morgan fingerprint density at radius 1 is 0.889 bits per heavy atom. The van der Waals surface area contributed by atoms with E-state index in [2.05, 4.69) is 20.3 Å². The van der Waals surface area contributed by atoms with Crippen molar-refractivity contribution in [2.45, 2.75) is 13.1 Å². The van der Waals surface area contributed by atoms with Gasteiger partial charge in [0.1, 0.15) is 28.9 Å². The molecular formula is C30H23F4N5O6. The molecule has 232 valence electrons. The molecule has 11 nitrogen and oxygen atoms in total. The van der Waals surface area contributed by atoms with Crippen LogP contribution in [0.3, 0.4) is 0 Å². The molecule has 2 aromatic carbocycles. The molecule has 0 aliphatic carbocycles.